The Kier molecular flexibility index (Phi) is 5.92. The molecule has 3 aromatic rings. The average Bonchev–Trinajstić information content (AvgIpc) is 3.38. The lowest BCUT2D eigenvalue weighted by molar-refractivity contribution is -0.136. The quantitative estimate of drug-likeness (QED) is 0.411. The highest BCUT2D eigenvalue weighted by molar-refractivity contribution is 6.39. The molecule has 0 atom stereocenters. The highest BCUT2D eigenvalue weighted by Gasteiger charge is 2.21. The maximum Gasteiger partial charge on any atom is 0.314 e. The van der Waals surface area contributed by atoms with Crippen LogP contribution in [0.4, 0.5) is 5.82 Å². The highest BCUT2D eigenvalue weighted by atomic mass is 16.2. The molecule has 0 saturated heterocycles. The number of fused-ring (bicyclic) bond motifs is 1. The van der Waals surface area contributed by atoms with Gasteiger partial charge in [0.05, 0.1) is 11.4 Å². The minimum absolute atomic E-state index is 0.195. The minimum Gasteiger partial charge on any atom is -0.348 e. The van der Waals surface area contributed by atoms with Crippen LogP contribution in [0.25, 0.3) is 5.95 Å². The molecule has 160 valence electrons. The molecule has 3 N–H and O–H groups in total. The summed E-state index contributed by atoms with van der Waals surface area (Å²) in [6.07, 6.45) is 3.87. The van der Waals surface area contributed by atoms with Crippen molar-refractivity contribution in [3.63, 3.8) is 0 Å². The lowest BCUT2D eigenvalue weighted by Gasteiger charge is -2.09. The molecule has 0 radical (unpaired) electrons. The number of nitrogens with zero attached hydrogens (tertiary/aromatic N) is 3. The highest BCUT2D eigenvalue weighted by Crippen LogP contribution is 2.19. The molecule has 0 bridgehead atoms. The van der Waals surface area contributed by atoms with Crippen LogP contribution >= 0.6 is 0 Å². The molecule has 2 heterocycles. The first-order valence-corrected chi connectivity index (χ1v) is 10.3. The van der Waals surface area contributed by atoms with Crippen molar-refractivity contribution in [2.75, 3.05) is 11.9 Å². The van der Waals surface area contributed by atoms with Crippen molar-refractivity contribution in [3.05, 3.63) is 69.3 Å². The largest absolute Gasteiger partial charge is 0.348 e. The second-order valence-electron chi connectivity index (χ2n) is 7.55. The second-order valence-corrected chi connectivity index (χ2v) is 7.55. The maximum absolute atomic E-state index is 12.4. The Balaban J connectivity index is 1.39. The molecule has 0 unspecified atom stereocenters. The fraction of sp³-hybridized carbons (Fsp3) is 0.318. The molecule has 0 spiro atoms. The van der Waals surface area contributed by atoms with Crippen LogP contribution < -0.4 is 16.2 Å². The molecule has 1 aromatic carbocycles. The van der Waals surface area contributed by atoms with Crippen LogP contribution in [0.1, 0.15) is 35.4 Å². The molecule has 0 fully saturated rings. The number of rotatable bonds is 6. The maximum atomic E-state index is 12.4. The van der Waals surface area contributed by atoms with Crippen LogP contribution in [0.2, 0.25) is 0 Å². The molecule has 1 aliphatic rings. The number of aromatic nitrogens is 4. The topological polar surface area (TPSA) is 122 Å². The molecule has 31 heavy (non-hydrogen) atoms. The molecule has 9 heteroatoms. The number of aromatic amines is 1. The van der Waals surface area contributed by atoms with Crippen molar-refractivity contribution in [3.8, 4) is 5.95 Å². The number of nitrogens with one attached hydrogen (secondary N) is 3. The Hall–Kier alpha value is -3.75. The van der Waals surface area contributed by atoms with Crippen LogP contribution in [0.15, 0.2) is 41.2 Å². The van der Waals surface area contributed by atoms with Gasteiger partial charge in [-0.05, 0) is 44.6 Å². The van der Waals surface area contributed by atoms with Crippen molar-refractivity contribution in [1.29, 1.82) is 0 Å². The molecular weight excluding hydrogens is 396 g/mol. The van der Waals surface area contributed by atoms with Crippen molar-refractivity contribution in [2.24, 2.45) is 0 Å². The number of hydrogen-bond donors (Lipinski definition) is 3. The number of amides is 2. The molecular formula is C22H24N6O3. The minimum atomic E-state index is -0.802. The summed E-state index contributed by atoms with van der Waals surface area (Å²) in [5.74, 6) is -1.04. The number of benzene rings is 1. The SMILES string of the molecule is Cc1cc(NC(=O)C(=O)NCCCc2ccccc2)n(-c2nc3c(c(=O)[nH]2)CCC3)n1. The Morgan fingerprint density at radius 1 is 1.16 bits per heavy atom. The van der Waals surface area contributed by atoms with Gasteiger partial charge in [0.25, 0.3) is 5.56 Å². The van der Waals surface area contributed by atoms with Gasteiger partial charge < -0.3 is 10.6 Å². The number of carbonyl (C=O) groups excluding carboxylic acids is 2. The van der Waals surface area contributed by atoms with E-state index in [2.05, 4.69) is 25.7 Å². The van der Waals surface area contributed by atoms with Crippen LogP contribution in [0, 0.1) is 6.92 Å². The van der Waals surface area contributed by atoms with E-state index in [1.165, 1.54) is 10.2 Å². The zero-order valence-corrected chi connectivity index (χ0v) is 17.3. The Morgan fingerprint density at radius 2 is 1.97 bits per heavy atom. The molecule has 0 aliphatic heterocycles. The van der Waals surface area contributed by atoms with Gasteiger partial charge in [-0.25, -0.2) is 4.98 Å². The first kappa shape index (κ1) is 20.5. The Labute approximate surface area is 178 Å². The standard InChI is InChI=1S/C22H24N6O3/c1-14-13-18(28(27-14)22-24-17-11-5-10-16(17)19(29)26-22)25-21(31)20(30)23-12-6-9-15-7-3-2-4-8-15/h2-4,7-8,13H,5-6,9-12H2,1H3,(H,23,30)(H,25,31)(H,24,26,29). The third-order valence-corrected chi connectivity index (χ3v) is 5.18. The van der Waals surface area contributed by atoms with Crippen LogP contribution in [-0.4, -0.2) is 38.1 Å². The van der Waals surface area contributed by atoms with Gasteiger partial charge in [-0.2, -0.15) is 9.78 Å². The zero-order valence-electron chi connectivity index (χ0n) is 17.3. The summed E-state index contributed by atoms with van der Waals surface area (Å²) >= 11 is 0. The van der Waals surface area contributed by atoms with Crippen molar-refractivity contribution >= 4 is 17.6 Å². The molecule has 0 saturated carbocycles. The van der Waals surface area contributed by atoms with Gasteiger partial charge in [0.1, 0.15) is 5.82 Å². The van der Waals surface area contributed by atoms with Gasteiger partial charge in [0, 0.05) is 18.2 Å². The smallest absolute Gasteiger partial charge is 0.314 e. The third kappa shape index (κ3) is 4.71. The van der Waals surface area contributed by atoms with Gasteiger partial charge in [0.15, 0.2) is 0 Å². The molecule has 9 nitrogen and oxygen atoms in total. The summed E-state index contributed by atoms with van der Waals surface area (Å²) in [6.45, 7) is 2.14. The van der Waals surface area contributed by atoms with Gasteiger partial charge in [-0.3, -0.25) is 19.4 Å². The van der Waals surface area contributed by atoms with Crippen LogP contribution in [0.3, 0.4) is 0 Å². The predicted octanol–water partition coefficient (Wildman–Crippen LogP) is 1.44. The normalized spacial score (nSPS) is 12.4. The summed E-state index contributed by atoms with van der Waals surface area (Å²) in [5.41, 5.74) is 3.05. The first-order chi connectivity index (χ1) is 15.0. The van der Waals surface area contributed by atoms with Crippen molar-refractivity contribution in [1.82, 2.24) is 25.1 Å². The van der Waals surface area contributed by atoms with Crippen LogP contribution in [0.5, 0.6) is 0 Å². The Bertz CT molecular complexity index is 1170. The van der Waals surface area contributed by atoms with E-state index in [4.69, 9.17) is 0 Å². The number of anilines is 1. The van der Waals surface area contributed by atoms with Gasteiger partial charge in [-0.15, -0.1) is 0 Å². The number of hydrogen-bond acceptors (Lipinski definition) is 5. The van der Waals surface area contributed by atoms with Gasteiger partial charge in [0.2, 0.25) is 5.95 Å². The summed E-state index contributed by atoms with van der Waals surface area (Å²) in [4.78, 5) is 44.1. The van der Waals surface area contributed by atoms with E-state index in [0.29, 0.717) is 24.2 Å². The lowest BCUT2D eigenvalue weighted by atomic mass is 10.1. The van der Waals surface area contributed by atoms with Crippen LogP contribution in [-0.2, 0) is 28.9 Å². The van der Waals surface area contributed by atoms with E-state index in [9.17, 15) is 14.4 Å². The predicted molar refractivity (Wildman–Crippen MR) is 115 cm³/mol. The second kappa shape index (κ2) is 8.95. The summed E-state index contributed by atoms with van der Waals surface area (Å²) in [5, 5.41) is 9.50. The number of aryl methyl sites for hydroxylation is 3. The fourth-order valence-corrected chi connectivity index (χ4v) is 3.67. The summed E-state index contributed by atoms with van der Waals surface area (Å²) < 4.78 is 1.34. The van der Waals surface area contributed by atoms with Crippen molar-refractivity contribution in [2.45, 2.75) is 39.0 Å². The Morgan fingerprint density at radius 3 is 2.77 bits per heavy atom. The fourth-order valence-electron chi connectivity index (χ4n) is 3.67. The average molecular weight is 420 g/mol. The molecule has 4 rings (SSSR count). The monoisotopic (exact) mass is 420 g/mol. The zero-order chi connectivity index (χ0) is 21.8. The summed E-state index contributed by atoms with van der Waals surface area (Å²) in [6, 6.07) is 11.6. The van der Waals surface area contributed by atoms with Gasteiger partial charge >= 0.3 is 11.8 Å². The number of carbonyl (C=O) groups is 2. The van der Waals surface area contributed by atoms with E-state index in [0.717, 1.165) is 31.4 Å². The third-order valence-electron chi connectivity index (χ3n) is 5.18. The molecule has 2 aromatic heterocycles. The van der Waals surface area contributed by atoms with E-state index in [1.54, 1.807) is 13.0 Å². The van der Waals surface area contributed by atoms with E-state index >= 15 is 0 Å². The number of H-pyrrole nitrogens is 1. The summed E-state index contributed by atoms with van der Waals surface area (Å²) in [7, 11) is 0. The van der Waals surface area contributed by atoms with E-state index in [1.807, 2.05) is 30.3 Å². The first-order valence-electron chi connectivity index (χ1n) is 10.3. The van der Waals surface area contributed by atoms with E-state index < -0.39 is 11.8 Å². The molecule has 2 amide bonds. The van der Waals surface area contributed by atoms with E-state index in [-0.39, 0.29) is 17.3 Å². The van der Waals surface area contributed by atoms with Crippen molar-refractivity contribution < 1.29 is 9.59 Å². The molecule has 1 aliphatic carbocycles. The van der Waals surface area contributed by atoms with Gasteiger partial charge in [-0.1, -0.05) is 30.3 Å². The lowest BCUT2D eigenvalue weighted by Crippen LogP contribution is -2.36.